The monoisotopic (exact) mass is 336 g/mol. The fourth-order valence-corrected chi connectivity index (χ4v) is 7.71. The molecule has 0 fully saturated rings. The molecule has 0 aliphatic carbocycles. The van der Waals surface area contributed by atoms with Crippen molar-refractivity contribution < 1.29 is 8.54 Å². The summed E-state index contributed by atoms with van der Waals surface area (Å²) in [5.41, 5.74) is 2.20. The predicted octanol–water partition coefficient (Wildman–Crippen LogP) is 4.60. The zero-order chi connectivity index (χ0) is 15.3. The van der Waals surface area contributed by atoms with E-state index in [1.54, 1.807) is 0 Å². The molecule has 0 aliphatic rings. The molecule has 0 saturated carbocycles. The highest BCUT2D eigenvalue weighted by atomic mass is 35.6. The first-order chi connectivity index (χ1) is 9.96. The van der Waals surface area contributed by atoms with Crippen molar-refractivity contribution in [2.45, 2.75) is 25.7 Å². The van der Waals surface area contributed by atoms with Crippen LogP contribution in [0.3, 0.4) is 0 Å². The smallest absolute Gasteiger partial charge is 0.417 e. The van der Waals surface area contributed by atoms with Gasteiger partial charge in [-0.25, -0.2) is 0 Å². The lowest BCUT2D eigenvalue weighted by molar-refractivity contribution is 0.219. The molecule has 0 saturated heterocycles. The van der Waals surface area contributed by atoms with Crippen LogP contribution in [0.5, 0.6) is 0 Å². The topological polar surface area (TPSA) is 18.5 Å². The third-order valence-corrected chi connectivity index (χ3v) is 8.06. The van der Waals surface area contributed by atoms with E-state index in [-0.39, 0.29) is 6.10 Å². The van der Waals surface area contributed by atoms with Crippen molar-refractivity contribution in [1.29, 1.82) is 0 Å². The Kier molecular flexibility index (Phi) is 5.78. The SMILES string of the molecule is C[Si](C)(C)O[SiH](Cl)OC(c1ccccc1)c1ccccc1. The normalized spacial score (nSPS) is 13.4. The molecule has 112 valence electrons. The second-order valence-corrected chi connectivity index (χ2v) is 12.9. The average Bonchev–Trinajstić information content (AvgIpc) is 2.45. The maximum absolute atomic E-state index is 6.39. The van der Waals surface area contributed by atoms with Crippen LogP contribution in [0.2, 0.25) is 19.6 Å². The first-order valence-electron chi connectivity index (χ1n) is 7.03. The summed E-state index contributed by atoms with van der Waals surface area (Å²) >= 11 is 6.39. The minimum absolute atomic E-state index is 0.169. The lowest BCUT2D eigenvalue weighted by Gasteiger charge is -2.26. The molecule has 1 atom stereocenters. The van der Waals surface area contributed by atoms with E-state index < -0.39 is 16.9 Å². The van der Waals surface area contributed by atoms with Crippen LogP contribution in [-0.2, 0) is 8.54 Å². The van der Waals surface area contributed by atoms with Gasteiger partial charge in [0.05, 0.1) is 6.10 Å². The average molecular weight is 337 g/mol. The van der Waals surface area contributed by atoms with Crippen molar-refractivity contribution in [3.63, 3.8) is 0 Å². The summed E-state index contributed by atoms with van der Waals surface area (Å²) in [6.07, 6.45) is -0.169. The van der Waals surface area contributed by atoms with Gasteiger partial charge in [-0.2, -0.15) is 0 Å². The Hall–Kier alpha value is -0.916. The van der Waals surface area contributed by atoms with Crippen LogP contribution in [0.25, 0.3) is 0 Å². The third kappa shape index (κ3) is 5.41. The highest BCUT2D eigenvalue weighted by Crippen LogP contribution is 2.28. The highest BCUT2D eigenvalue weighted by Gasteiger charge is 2.26. The van der Waals surface area contributed by atoms with Gasteiger partial charge in [0, 0.05) is 0 Å². The van der Waals surface area contributed by atoms with Gasteiger partial charge in [-0.15, -0.1) is 11.1 Å². The summed E-state index contributed by atoms with van der Waals surface area (Å²) < 4.78 is 12.0. The van der Waals surface area contributed by atoms with Gasteiger partial charge < -0.3 is 8.54 Å². The molecule has 2 aromatic rings. The van der Waals surface area contributed by atoms with Crippen molar-refractivity contribution >= 4 is 28.0 Å². The van der Waals surface area contributed by atoms with Crippen LogP contribution in [0.15, 0.2) is 60.7 Å². The maximum atomic E-state index is 6.39. The van der Waals surface area contributed by atoms with Crippen LogP contribution < -0.4 is 0 Å². The van der Waals surface area contributed by atoms with Gasteiger partial charge in [0.15, 0.2) is 8.32 Å². The van der Waals surface area contributed by atoms with E-state index >= 15 is 0 Å². The van der Waals surface area contributed by atoms with Gasteiger partial charge in [-0.05, 0) is 30.8 Å². The minimum atomic E-state index is -2.19. The van der Waals surface area contributed by atoms with E-state index in [9.17, 15) is 0 Å². The molecule has 1 unspecified atom stereocenters. The highest BCUT2D eigenvalue weighted by molar-refractivity contribution is 7.03. The van der Waals surface area contributed by atoms with E-state index in [1.807, 2.05) is 36.4 Å². The number of halogens is 1. The van der Waals surface area contributed by atoms with Crippen LogP contribution in [0, 0.1) is 0 Å². The van der Waals surface area contributed by atoms with E-state index in [0.717, 1.165) is 11.1 Å². The molecule has 0 amide bonds. The maximum Gasteiger partial charge on any atom is 0.417 e. The summed E-state index contributed by atoms with van der Waals surface area (Å²) in [6, 6.07) is 20.3. The van der Waals surface area contributed by atoms with Crippen molar-refractivity contribution in [3.05, 3.63) is 71.8 Å². The zero-order valence-corrected chi connectivity index (χ0v) is 15.5. The van der Waals surface area contributed by atoms with Crippen LogP contribution in [0.1, 0.15) is 17.2 Å². The van der Waals surface area contributed by atoms with Gasteiger partial charge in [0.2, 0.25) is 0 Å². The van der Waals surface area contributed by atoms with Crippen molar-refractivity contribution in [2.75, 3.05) is 0 Å². The lowest BCUT2D eigenvalue weighted by Crippen LogP contribution is -2.34. The van der Waals surface area contributed by atoms with Crippen LogP contribution >= 0.6 is 11.1 Å². The van der Waals surface area contributed by atoms with E-state index in [0.29, 0.717) is 0 Å². The van der Waals surface area contributed by atoms with Crippen molar-refractivity contribution in [3.8, 4) is 0 Å². The molecule has 0 bridgehead atoms. The summed E-state index contributed by atoms with van der Waals surface area (Å²) in [7, 11) is -3.87. The standard InChI is InChI=1S/C16H21ClO2Si2/c1-21(2,3)19-20(17)18-16(14-10-6-4-7-11-14)15-12-8-5-9-13-15/h4-13,16,20H,1-3H3. The fourth-order valence-electron chi connectivity index (χ4n) is 2.02. The third-order valence-electron chi connectivity index (χ3n) is 2.89. The molecular formula is C16H21ClO2Si2. The summed E-state index contributed by atoms with van der Waals surface area (Å²) in [4.78, 5) is 0. The van der Waals surface area contributed by atoms with Gasteiger partial charge in [-0.1, -0.05) is 60.7 Å². The largest absolute Gasteiger partial charge is 0.427 e. The molecule has 0 spiro atoms. The van der Waals surface area contributed by atoms with Gasteiger partial charge in [0.1, 0.15) is 0 Å². The molecule has 0 N–H and O–H groups in total. The fraction of sp³-hybridized carbons (Fsp3) is 0.250. The van der Waals surface area contributed by atoms with Gasteiger partial charge >= 0.3 is 8.59 Å². The minimum Gasteiger partial charge on any atom is -0.427 e. The van der Waals surface area contributed by atoms with Crippen molar-refractivity contribution in [1.82, 2.24) is 0 Å². The molecule has 0 aromatic heterocycles. The van der Waals surface area contributed by atoms with Crippen LogP contribution in [-0.4, -0.2) is 16.9 Å². The molecule has 5 heteroatoms. The number of hydrogen-bond acceptors (Lipinski definition) is 2. The van der Waals surface area contributed by atoms with Crippen molar-refractivity contribution in [2.24, 2.45) is 0 Å². The Morgan fingerprint density at radius 2 is 1.29 bits per heavy atom. The summed E-state index contributed by atoms with van der Waals surface area (Å²) in [5, 5.41) is 0. The Labute approximate surface area is 134 Å². The van der Waals surface area contributed by atoms with Gasteiger partial charge in [-0.3, -0.25) is 0 Å². The number of hydrogen-bond donors (Lipinski definition) is 0. The quantitative estimate of drug-likeness (QED) is 0.567. The Balaban J connectivity index is 2.21. The van der Waals surface area contributed by atoms with Gasteiger partial charge in [0.25, 0.3) is 0 Å². The molecule has 2 rings (SSSR count). The van der Waals surface area contributed by atoms with E-state index in [4.69, 9.17) is 19.6 Å². The molecule has 0 heterocycles. The first kappa shape index (κ1) is 16.5. The Morgan fingerprint density at radius 3 is 1.67 bits per heavy atom. The molecule has 0 aliphatic heterocycles. The molecule has 0 radical (unpaired) electrons. The van der Waals surface area contributed by atoms with E-state index in [1.165, 1.54) is 0 Å². The molecule has 2 nitrogen and oxygen atoms in total. The lowest BCUT2D eigenvalue weighted by atomic mass is 10.0. The second-order valence-electron chi connectivity index (χ2n) is 5.84. The number of benzene rings is 2. The predicted molar refractivity (Wildman–Crippen MR) is 93.2 cm³/mol. The molecule has 2 aromatic carbocycles. The van der Waals surface area contributed by atoms with Crippen LogP contribution in [0.4, 0.5) is 0 Å². The second kappa shape index (κ2) is 7.38. The zero-order valence-electron chi connectivity index (χ0n) is 12.6. The summed E-state index contributed by atoms with van der Waals surface area (Å²) in [6.45, 7) is 6.37. The first-order valence-corrected chi connectivity index (χ1v) is 13.1. The number of rotatable bonds is 6. The Morgan fingerprint density at radius 1 is 0.857 bits per heavy atom. The Bertz CT molecular complexity index is 504. The molecule has 21 heavy (non-hydrogen) atoms. The molecular weight excluding hydrogens is 316 g/mol. The van der Waals surface area contributed by atoms with E-state index in [2.05, 4.69) is 43.9 Å². The summed E-state index contributed by atoms with van der Waals surface area (Å²) in [5.74, 6) is 0.